The van der Waals surface area contributed by atoms with Gasteiger partial charge in [0.15, 0.2) is 11.5 Å². The summed E-state index contributed by atoms with van der Waals surface area (Å²) in [6.07, 6.45) is 2.88. The molecular formula is C12H9FN4. The number of halogens is 1. The van der Waals surface area contributed by atoms with Crippen LogP contribution in [0.1, 0.15) is 5.56 Å². The fourth-order valence-electron chi connectivity index (χ4n) is 1.67. The second kappa shape index (κ2) is 3.62. The van der Waals surface area contributed by atoms with Crippen molar-refractivity contribution in [3.63, 3.8) is 0 Å². The highest BCUT2D eigenvalue weighted by atomic mass is 19.1. The Hall–Kier alpha value is -2.30. The Labute approximate surface area is 96.6 Å². The Morgan fingerprint density at radius 3 is 2.76 bits per heavy atom. The molecule has 17 heavy (non-hydrogen) atoms. The molecule has 3 heterocycles. The highest BCUT2D eigenvalue weighted by Gasteiger charge is 2.08. The summed E-state index contributed by atoms with van der Waals surface area (Å²) < 4.78 is 12.8. The molecule has 0 aliphatic heterocycles. The van der Waals surface area contributed by atoms with Crippen LogP contribution in [-0.4, -0.2) is 19.9 Å². The maximum atomic E-state index is 12.8. The van der Waals surface area contributed by atoms with Crippen LogP contribution in [0.5, 0.6) is 0 Å². The predicted molar refractivity (Wildman–Crippen MR) is 61.8 cm³/mol. The van der Waals surface area contributed by atoms with E-state index in [1.54, 1.807) is 12.3 Å². The molecule has 0 spiro atoms. The fraction of sp³-hybridized carbons (Fsp3) is 0.0833. The fourth-order valence-corrected chi connectivity index (χ4v) is 1.67. The Morgan fingerprint density at radius 2 is 2.06 bits per heavy atom. The van der Waals surface area contributed by atoms with Gasteiger partial charge in [-0.1, -0.05) is 0 Å². The number of H-pyrrole nitrogens is 1. The van der Waals surface area contributed by atoms with Gasteiger partial charge in [0.1, 0.15) is 11.5 Å². The number of aromatic amines is 1. The molecule has 3 aromatic heterocycles. The molecule has 0 unspecified atom stereocenters. The Bertz CT molecular complexity index is 673. The van der Waals surface area contributed by atoms with Crippen molar-refractivity contribution in [3.05, 3.63) is 42.0 Å². The lowest BCUT2D eigenvalue weighted by atomic mass is 10.3. The summed E-state index contributed by atoms with van der Waals surface area (Å²) in [4.78, 5) is 15.6. The third-order valence-electron chi connectivity index (χ3n) is 2.57. The summed E-state index contributed by atoms with van der Waals surface area (Å²) in [7, 11) is 0. The first-order valence-electron chi connectivity index (χ1n) is 5.17. The zero-order chi connectivity index (χ0) is 11.8. The van der Waals surface area contributed by atoms with Crippen LogP contribution < -0.4 is 0 Å². The van der Waals surface area contributed by atoms with E-state index in [9.17, 15) is 4.39 Å². The molecule has 0 radical (unpaired) electrons. The van der Waals surface area contributed by atoms with Gasteiger partial charge >= 0.3 is 0 Å². The first-order chi connectivity index (χ1) is 8.24. The molecule has 1 N–H and O–H groups in total. The van der Waals surface area contributed by atoms with Crippen LogP contribution in [0.4, 0.5) is 4.39 Å². The van der Waals surface area contributed by atoms with Crippen molar-refractivity contribution >= 4 is 11.2 Å². The van der Waals surface area contributed by atoms with E-state index in [1.807, 2.05) is 13.0 Å². The van der Waals surface area contributed by atoms with Gasteiger partial charge in [-0.3, -0.25) is 0 Å². The highest BCUT2D eigenvalue weighted by Crippen LogP contribution is 2.19. The van der Waals surface area contributed by atoms with Gasteiger partial charge in [-0.15, -0.1) is 0 Å². The number of hydrogen-bond acceptors (Lipinski definition) is 3. The number of aryl methyl sites for hydroxylation is 1. The van der Waals surface area contributed by atoms with Crippen LogP contribution in [0, 0.1) is 12.7 Å². The summed E-state index contributed by atoms with van der Waals surface area (Å²) in [5.41, 5.74) is 3.19. The average Bonchev–Trinajstić information content (AvgIpc) is 2.75. The van der Waals surface area contributed by atoms with Crippen LogP contribution in [0.15, 0.2) is 30.6 Å². The van der Waals surface area contributed by atoms with Crippen molar-refractivity contribution in [1.82, 2.24) is 19.9 Å². The normalized spacial score (nSPS) is 10.9. The minimum absolute atomic E-state index is 0.362. The first-order valence-corrected chi connectivity index (χ1v) is 5.17. The van der Waals surface area contributed by atoms with E-state index >= 15 is 0 Å². The average molecular weight is 228 g/mol. The van der Waals surface area contributed by atoms with Gasteiger partial charge in [0, 0.05) is 6.20 Å². The number of hydrogen-bond donors (Lipinski definition) is 1. The van der Waals surface area contributed by atoms with Crippen LogP contribution in [0.3, 0.4) is 0 Å². The zero-order valence-electron chi connectivity index (χ0n) is 9.11. The van der Waals surface area contributed by atoms with E-state index in [0.29, 0.717) is 17.2 Å². The molecule has 84 valence electrons. The smallest absolute Gasteiger partial charge is 0.178 e. The standard InChI is InChI=1S/C12H9FN4/c1-7-4-5-14-12-10(7)16-11(17-12)9-3-2-8(13)6-15-9/h2-6H,1H3,(H,14,16,17). The summed E-state index contributed by atoms with van der Waals surface area (Å²) in [6, 6.07) is 4.85. The number of rotatable bonds is 1. The minimum atomic E-state index is -0.362. The lowest BCUT2D eigenvalue weighted by molar-refractivity contribution is 0.621. The molecule has 3 aromatic rings. The highest BCUT2D eigenvalue weighted by molar-refractivity contribution is 5.77. The topological polar surface area (TPSA) is 54.5 Å². The number of aromatic nitrogens is 4. The van der Waals surface area contributed by atoms with Crippen molar-refractivity contribution in [2.24, 2.45) is 0 Å². The molecule has 0 aromatic carbocycles. The molecule has 0 amide bonds. The molecule has 0 aliphatic carbocycles. The van der Waals surface area contributed by atoms with E-state index in [0.717, 1.165) is 11.1 Å². The van der Waals surface area contributed by atoms with Gasteiger partial charge in [0.05, 0.1) is 11.7 Å². The van der Waals surface area contributed by atoms with Gasteiger partial charge in [0.2, 0.25) is 0 Å². The summed E-state index contributed by atoms with van der Waals surface area (Å²) >= 11 is 0. The molecule has 4 nitrogen and oxygen atoms in total. The van der Waals surface area contributed by atoms with Crippen LogP contribution in [-0.2, 0) is 0 Å². The number of nitrogens with one attached hydrogen (secondary N) is 1. The van der Waals surface area contributed by atoms with E-state index in [2.05, 4.69) is 19.9 Å². The second-order valence-corrected chi connectivity index (χ2v) is 3.77. The van der Waals surface area contributed by atoms with Gasteiger partial charge in [-0.25, -0.2) is 19.3 Å². The third kappa shape index (κ3) is 1.65. The van der Waals surface area contributed by atoms with E-state index in [-0.39, 0.29) is 5.82 Å². The molecule has 0 fully saturated rings. The molecule has 0 saturated heterocycles. The number of nitrogens with zero attached hydrogens (tertiary/aromatic N) is 3. The SMILES string of the molecule is Cc1ccnc2nc(-c3ccc(F)cn3)[nH]c12. The lowest BCUT2D eigenvalue weighted by Gasteiger charge is -1.94. The van der Waals surface area contributed by atoms with Crippen LogP contribution >= 0.6 is 0 Å². The quantitative estimate of drug-likeness (QED) is 0.696. The largest absolute Gasteiger partial charge is 0.335 e. The summed E-state index contributed by atoms with van der Waals surface area (Å²) in [6.45, 7) is 1.98. The van der Waals surface area contributed by atoms with Crippen molar-refractivity contribution < 1.29 is 4.39 Å². The van der Waals surface area contributed by atoms with Gasteiger partial charge in [-0.05, 0) is 30.7 Å². The maximum Gasteiger partial charge on any atom is 0.178 e. The summed E-state index contributed by atoms with van der Waals surface area (Å²) in [5, 5.41) is 0. The number of imidazole rings is 1. The molecule has 0 aliphatic rings. The van der Waals surface area contributed by atoms with E-state index in [1.165, 1.54) is 12.3 Å². The molecule has 0 bridgehead atoms. The monoisotopic (exact) mass is 228 g/mol. The second-order valence-electron chi connectivity index (χ2n) is 3.77. The Balaban J connectivity index is 2.18. The predicted octanol–water partition coefficient (Wildman–Crippen LogP) is 2.47. The van der Waals surface area contributed by atoms with Crippen molar-refractivity contribution in [1.29, 1.82) is 0 Å². The maximum absolute atomic E-state index is 12.8. The van der Waals surface area contributed by atoms with Crippen LogP contribution in [0.25, 0.3) is 22.7 Å². The first kappa shape index (κ1) is 9.89. The molecule has 3 rings (SSSR count). The molecule has 0 atom stereocenters. The molecule has 0 saturated carbocycles. The van der Waals surface area contributed by atoms with Crippen molar-refractivity contribution in [3.8, 4) is 11.5 Å². The van der Waals surface area contributed by atoms with Crippen molar-refractivity contribution in [2.75, 3.05) is 0 Å². The Kier molecular flexibility index (Phi) is 2.11. The number of fused-ring (bicyclic) bond motifs is 1. The third-order valence-corrected chi connectivity index (χ3v) is 2.57. The zero-order valence-corrected chi connectivity index (χ0v) is 9.11. The van der Waals surface area contributed by atoms with Gasteiger partial charge in [-0.2, -0.15) is 0 Å². The Morgan fingerprint density at radius 1 is 1.18 bits per heavy atom. The minimum Gasteiger partial charge on any atom is -0.335 e. The van der Waals surface area contributed by atoms with E-state index in [4.69, 9.17) is 0 Å². The van der Waals surface area contributed by atoms with Gasteiger partial charge < -0.3 is 4.98 Å². The summed E-state index contributed by atoms with van der Waals surface area (Å²) in [5.74, 6) is 0.237. The van der Waals surface area contributed by atoms with E-state index < -0.39 is 0 Å². The molecular weight excluding hydrogens is 219 g/mol. The number of pyridine rings is 2. The van der Waals surface area contributed by atoms with Gasteiger partial charge in [0.25, 0.3) is 0 Å². The molecule has 5 heteroatoms. The lowest BCUT2D eigenvalue weighted by Crippen LogP contribution is -1.86. The van der Waals surface area contributed by atoms with Crippen LogP contribution in [0.2, 0.25) is 0 Å². The van der Waals surface area contributed by atoms with Crippen molar-refractivity contribution in [2.45, 2.75) is 6.92 Å².